The number of rotatable bonds is 2. The van der Waals surface area contributed by atoms with Crippen LogP contribution in [0.1, 0.15) is 20.3 Å². The molecule has 0 bridgehead atoms. The molecule has 0 aromatic heterocycles. The quantitative estimate of drug-likeness (QED) is 0.503. The van der Waals surface area contributed by atoms with Gasteiger partial charge in [-0.3, -0.25) is 0 Å². The van der Waals surface area contributed by atoms with Crippen molar-refractivity contribution < 1.29 is 14.3 Å². The fourth-order valence-electron chi connectivity index (χ4n) is 1.02. The molecule has 1 rings (SSSR count). The van der Waals surface area contributed by atoms with Crippen molar-refractivity contribution >= 4 is 18.6 Å². The summed E-state index contributed by atoms with van der Waals surface area (Å²) < 4.78 is 10.2. The molecule has 0 aliphatic carbocycles. The molecular formula is C7H12O3S. The van der Waals surface area contributed by atoms with Crippen LogP contribution in [0.15, 0.2) is 0 Å². The van der Waals surface area contributed by atoms with Gasteiger partial charge in [0.1, 0.15) is 0 Å². The molecule has 0 aromatic carbocycles. The molecule has 1 heterocycles. The Morgan fingerprint density at radius 2 is 2.27 bits per heavy atom. The van der Waals surface area contributed by atoms with Crippen LogP contribution in [0.25, 0.3) is 0 Å². The molecule has 0 amide bonds. The van der Waals surface area contributed by atoms with Crippen molar-refractivity contribution in [2.24, 2.45) is 0 Å². The summed E-state index contributed by atoms with van der Waals surface area (Å²) in [5, 5.41) is 0. The van der Waals surface area contributed by atoms with Crippen molar-refractivity contribution in [2.45, 2.75) is 32.2 Å². The average molecular weight is 176 g/mol. The van der Waals surface area contributed by atoms with Crippen LogP contribution in [-0.4, -0.2) is 23.6 Å². The SMILES string of the molecule is CC1(C)OC(=O)[C@H](CCS)O1. The van der Waals surface area contributed by atoms with Crippen molar-refractivity contribution in [3.05, 3.63) is 0 Å². The summed E-state index contributed by atoms with van der Waals surface area (Å²) in [6.45, 7) is 3.45. The lowest BCUT2D eigenvalue weighted by Gasteiger charge is -2.14. The number of cyclic esters (lactones) is 1. The minimum Gasteiger partial charge on any atom is -0.432 e. The third kappa shape index (κ3) is 2.10. The maximum absolute atomic E-state index is 11.0. The largest absolute Gasteiger partial charge is 0.432 e. The number of hydrogen-bond donors (Lipinski definition) is 1. The lowest BCUT2D eigenvalue weighted by atomic mass is 10.3. The molecule has 1 aliphatic heterocycles. The number of hydrogen-bond acceptors (Lipinski definition) is 4. The monoisotopic (exact) mass is 176 g/mol. The minimum absolute atomic E-state index is 0.274. The van der Waals surface area contributed by atoms with Crippen molar-refractivity contribution in [3.8, 4) is 0 Å². The standard InChI is InChI=1S/C7H12O3S/c1-7(2)9-5(3-4-11)6(8)10-7/h5,11H,3-4H2,1-2H3/t5-/m0/s1. The summed E-state index contributed by atoms with van der Waals surface area (Å²) in [5.41, 5.74) is 0. The van der Waals surface area contributed by atoms with Crippen molar-refractivity contribution in [1.29, 1.82) is 0 Å². The molecule has 1 atom stereocenters. The third-order valence-corrected chi connectivity index (χ3v) is 1.68. The summed E-state index contributed by atoms with van der Waals surface area (Å²) in [6.07, 6.45) is 0.202. The molecule has 0 radical (unpaired) electrons. The predicted octanol–water partition coefficient (Wildman–Crippen LogP) is 0.984. The molecule has 0 unspecified atom stereocenters. The van der Waals surface area contributed by atoms with Crippen LogP contribution >= 0.6 is 12.6 Å². The normalized spacial score (nSPS) is 28.6. The zero-order valence-electron chi connectivity index (χ0n) is 6.66. The van der Waals surface area contributed by atoms with E-state index in [0.717, 1.165) is 0 Å². The summed E-state index contributed by atoms with van der Waals surface area (Å²) in [6, 6.07) is 0. The van der Waals surface area contributed by atoms with E-state index in [1.54, 1.807) is 13.8 Å². The van der Waals surface area contributed by atoms with E-state index >= 15 is 0 Å². The van der Waals surface area contributed by atoms with Crippen molar-refractivity contribution in [3.63, 3.8) is 0 Å². The molecule has 64 valence electrons. The van der Waals surface area contributed by atoms with E-state index in [1.165, 1.54) is 0 Å². The Kier molecular flexibility index (Phi) is 2.44. The molecule has 11 heavy (non-hydrogen) atoms. The molecule has 4 heteroatoms. The maximum atomic E-state index is 11.0. The third-order valence-electron chi connectivity index (χ3n) is 1.43. The summed E-state index contributed by atoms with van der Waals surface area (Å²) in [7, 11) is 0. The first kappa shape index (κ1) is 8.87. The van der Waals surface area contributed by atoms with Crippen LogP contribution in [0.3, 0.4) is 0 Å². The first-order valence-electron chi connectivity index (χ1n) is 3.57. The van der Waals surface area contributed by atoms with Crippen LogP contribution in [-0.2, 0) is 14.3 Å². The topological polar surface area (TPSA) is 35.5 Å². The average Bonchev–Trinajstić information content (AvgIpc) is 2.07. The van der Waals surface area contributed by atoms with E-state index in [1.807, 2.05) is 0 Å². The Morgan fingerprint density at radius 1 is 1.64 bits per heavy atom. The molecule has 0 saturated carbocycles. The first-order chi connectivity index (χ1) is 5.05. The fraction of sp³-hybridized carbons (Fsp3) is 0.857. The van der Waals surface area contributed by atoms with Gasteiger partial charge in [0.15, 0.2) is 6.10 Å². The highest BCUT2D eigenvalue weighted by molar-refractivity contribution is 7.80. The molecule has 0 N–H and O–H groups in total. The Bertz CT molecular complexity index is 167. The van der Waals surface area contributed by atoms with Crippen molar-refractivity contribution in [2.75, 3.05) is 5.75 Å². The second kappa shape index (κ2) is 3.03. The number of thiol groups is 1. The van der Waals surface area contributed by atoms with Gasteiger partial charge in [-0.25, -0.2) is 4.79 Å². The zero-order valence-corrected chi connectivity index (χ0v) is 7.56. The van der Waals surface area contributed by atoms with Gasteiger partial charge in [0.05, 0.1) is 0 Å². The first-order valence-corrected chi connectivity index (χ1v) is 4.20. The Hall–Kier alpha value is -0.220. The van der Waals surface area contributed by atoms with Gasteiger partial charge < -0.3 is 9.47 Å². The molecule has 1 saturated heterocycles. The molecule has 0 aromatic rings. The van der Waals surface area contributed by atoms with Crippen molar-refractivity contribution in [1.82, 2.24) is 0 Å². The highest BCUT2D eigenvalue weighted by Crippen LogP contribution is 2.25. The van der Waals surface area contributed by atoms with E-state index in [2.05, 4.69) is 12.6 Å². The molecule has 1 fully saturated rings. The van der Waals surface area contributed by atoms with Gasteiger partial charge in [-0.2, -0.15) is 12.6 Å². The molecular weight excluding hydrogens is 164 g/mol. The van der Waals surface area contributed by atoms with Gasteiger partial charge in [-0.1, -0.05) is 0 Å². The van der Waals surface area contributed by atoms with Crippen LogP contribution in [0.2, 0.25) is 0 Å². The van der Waals surface area contributed by atoms with E-state index in [4.69, 9.17) is 9.47 Å². The summed E-state index contributed by atoms with van der Waals surface area (Å²) in [4.78, 5) is 11.0. The van der Waals surface area contributed by atoms with Gasteiger partial charge in [0.25, 0.3) is 0 Å². The van der Waals surface area contributed by atoms with E-state index in [-0.39, 0.29) is 5.97 Å². The Balaban J connectivity index is 2.52. The number of carbonyl (C=O) groups excluding carboxylic acids is 1. The van der Waals surface area contributed by atoms with Gasteiger partial charge in [0, 0.05) is 13.8 Å². The maximum Gasteiger partial charge on any atom is 0.337 e. The minimum atomic E-state index is -0.745. The molecule has 0 spiro atoms. The Morgan fingerprint density at radius 3 is 2.64 bits per heavy atom. The van der Waals surface area contributed by atoms with Crippen LogP contribution in [0.5, 0.6) is 0 Å². The van der Waals surface area contributed by atoms with E-state index in [9.17, 15) is 4.79 Å². The molecule has 3 nitrogen and oxygen atoms in total. The highest BCUT2D eigenvalue weighted by Gasteiger charge is 2.40. The lowest BCUT2D eigenvalue weighted by Crippen LogP contribution is -2.21. The Labute approximate surface area is 71.5 Å². The van der Waals surface area contributed by atoms with E-state index < -0.39 is 11.9 Å². The summed E-state index contributed by atoms with van der Waals surface area (Å²) >= 11 is 4.01. The zero-order chi connectivity index (χ0) is 8.48. The number of carbonyl (C=O) groups is 1. The smallest absolute Gasteiger partial charge is 0.337 e. The van der Waals surface area contributed by atoms with Gasteiger partial charge in [0.2, 0.25) is 5.79 Å². The van der Waals surface area contributed by atoms with Crippen LogP contribution in [0, 0.1) is 0 Å². The predicted molar refractivity (Wildman–Crippen MR) is 43.5 cm³/mol. The molecule has 1 aliphatic rings. The van der Waals surface area contributed by atoms with E-state index in [0.29, 0.717) is 12.2 Å². The number of esters is 1. The second-order valence-corrected chi connectivity index (χ2v) is 3.39. The van der Waals surface area contributed by atoms with Gasteiger partial charge in [-0.15, -0.1) is 0 Å². The van der Waals surface area contributed by atoms with Gasteiger partial charge >= 0.3 is 5.97 Å². The fourth-order valence-corrected chi connectivity index (χ4v) is 1.25. The summed E-state index contributed by atoms with van der Waals surface area (Å²) in [5.74, 6) is -0.385. The van der Waals surface area contributed by atoms with Crippen LogP contribution in [0.4, 0.5) is 0 Å². The van der Waals surface area contributed by atoms with Gasteiger partial charge in [-0.05, 0) is 12.2 Å². The van der Waals surface area contributed by atoms with Crippen LogP contribution < -0.4 is 0 Å². The second-order valence-electron chi connectivity index (χ2n) is 2.94. The lowest BCUT2D eigenvalue weighted by molar-refractivity contribution is -0.160. The number of ether oxygens (including phenoxy) is 2. The highest BCUT2D eigenvalue weighted by atomic mass is 32.1.